The number of benzene rings is 1. The van der Waals surface area contributed by atoms with Gasteiger partial charge in [0, 0.05) is 11.5 Å². The van der Waals surface area contributed by atoms with E-state index in [9.17, 15) is 0 Å². The Labute approximate surface area is 98.3 Å². The van der Waals surface area contributed by atoms with Crippen LogP contribution < -0.4 is 5.32 Å². The van der Waals surface area contributed by atoms with E-state index in [1.54, 1.807) is 5.56 Å². The molecule has 1 spiro atoms. The van der Waals surface area contributed by atoms with Crippen LogP contribution in [0.4, 0.5) is 0 Å². The Hall–Kier alpha value is -0.820. The van der Waals surface area contributed by atoms with Crippen molar-refractivity contribution in [1.82, 2.24) is 5.32 Å². The molecule has 86 valence electrons. The molecule has 2 aliphatic rings. The number of hydrogen-bond donors (Lipinski definition) is 1. The molecule has 1 heteroatoms. The summed E-state index contributed by atoms with van der Waals surface area (Å²) in [5, 5.41) is 3.82. The fourth-order valence-corrected chi connectivity index (χ4v) is 3.75. The van der Waals surface area contributed by atoms with Crippen LogP contribution in [0.5, 0.6) is 0 Å². The molecule has 2 fully saturated rings. The highest BCUT2D eigenvalue weighted by atomic mass is 15.0. The van der Waals surface area contributed by atoms with Gasteiger partial charge in [-0.3, -0.25) is 0 Å². The molecule has 0 amide bonds. The van der Waals surface area contributed by atoms with Crippen molar-refractivity contribution in [2.75, 3.05) is 6.54 Å². The minimum atomic E-state index is 0.444. The smallest absolute Gasteiger partial charge is 0.0250 e. The molecule has 1 aliphatic heterocycles. The van der Waals surface area contributed by atoms with E-state index in [4.69, 9.17) is 0 Å². The highest BCUT2D eigenvalue weighted by Gasteiger charge is 2.42. The van der Waals surface area contributed by atoms with Crippen LogP contribution in [0.25, 0.3) is 0 Å². The molecule has 1 aromatic rings. The molecule has 1 nitrogen and oxygen atoms in total. The molecule has 1 heterocycles. The molecule has 0 aromatic heterocycles. The third kappa shape index (κ3) is 1.67. The highest BCUT2D eigenvalue weighted by Crippen LogP contribution is 2.45. The molecular formula is C15H21N. The fraction of sp³-hybridized carbons (Fsp3) is 0.600. The average Bonchev–Trinajstić information content (AvgIpc) is 2.80. The minimum absolute atomic E-state index is 0.444. The summed E-state index contributed by atoms with van der Waals surface area (Å²) in [6, 6.07) is 11.1. The van der Waals surface area contributed by atoms with E-state index in [1.807, 2.05) is 0 Å². The van der Waals surface area contributed by atoms with Gasteiger partial charge in [0.2, 0.25) is 0 Å². The van der Waals surface area contributed by atoms with E-state index >= 15 is 0 Å². The first-order chi connectivity index (χ1) is 7.91. The number of hydrogen-bond acceptors (Lipinski definition) is 1. The van der Waals surface area contributed by atoms with Crippen molar-refractivity contribution in [3.05, 3.63) is 35.9 Å². The number of nitrogens with one attached hydrogen (secondary N) is 1. The largest absolute Gasteiger partial charge is 0.311 e. The Morgan fingerprint density at radius 2 is 1.81 bits per heavy atom. The van der Waals surface area contributed by atoms with Gasteiger partial charge < -0.3 is 5.32 Å². The summed E-state index contributed by atoms with van der Waals surface area (Å²) in [6.07, 6.45) is 8.32. The molecule has 1 N–H and O–H groups in total. The summed E-state index contributed by atoms with van der Waals surface area (Å²) in [7, 11) is 0. The van der Waals surface area contributed by atoms with Gasteiger partial charge in [0.15, 0.2) is 0 Å². The molecule has 0 radical (unpaired) electrons. The van der Waals surface area contributed by atoms with Crippen LogP contribution in [0, 0.1) is 0 Å². The van der Waals surface area contributed by atoms with E-state index in [0.717, 1.165) is 5.92 Å². The fourth-order valence-electron chi connectivity index (χ4n) is 3.75. The van der Waals surface area contributed by atoms with Gasteiger partial charge in [-0.1, -0.05) is 43.2 Å². The van der Waals surface area contributed by atoms with Gasteiger partial charge in [-0.05, 0) is 37.8 Å². The normalized spacial score (nSPS) is 34.4. The van der Waals surface area contributed by atoms with Crippen molar-refractivity contribution in [3.63, 3.8) is 0 Å². The third-order valence-corrected chi connectivity index (χ3v) is 4.51. The van der Waals surface area contributed by atoms with Gasteiger partial charge in [-0.2, -0.15) is 0 Å². The van der Waals surface area contributed by atoms with Crippen LogP contribution in [0.2, 0.25) is 0 Å². The van der Waals surface area contributed by atoms with E-state index < -0.39 is 0 Å². The molecule has 0 bridgehead atoms. The summed E-state index contributed by atoms with van der Waals surface area (Å²) in [5.41, 5.74) is 2.00. The first-order valence-electron chi connectivity index (χ1n) is 6.71. The summed E-state index contributed by atoms with van der Waals surface area (Å²) in [6.45, 7) is 1.23. The van der Waals surface area contributed by atoms with E-state index in [2.05, 4.69) is 35.6 Å². The van der Waals surface area contributed by atoms with Gasteiger partial charge in [0.05, 0.1) is 0 Å². The van der Waals surface area contributed by atoms with Crippen LogP contribution in [0.15, 0.2) is 30.3 Å². The summed E-state index contributed by atoms with van der Waals surface area (Å²) >= 11 is 0. The molecule has 16 heavy (non-hydrogen) atoms. The van der Waals surface area contributed by atoms with Crippen molar-refractivity contribution >= 4 is 0 Å². The summed E-state index contributed by atoms with van der Waals surface area (Å²) in [5.74, 6) is 0.755. The molecule has 1 saturated carbocycles. The maximum atomic E-state index is 3.82. The maximum Gasteiger partial charge on any atom is 0.0250 e. The topological polar surface area (TPSA) is 12.0 Å². The molecule has 1 aliphatic carbocycles. The van der Waals surface area contributed by atoms with Crippen LogP contribution in [0.1, 0.15) is 50.0 Å². The minimum Gasteiger partial charge on any atom is -0.311 e. The van der Waals surface area contributed by atoms with E-state index in [-0.39, 0.29) is 0 Å². The molecule has 2 atom stereocenters. The van der Waals surface area contributed by atoms with Crippen LogP contribution in [0.3, 0.4) is 0 Å². The molecule has 3 rings (SSSR count). The second-order valence-corrected chi connectivity index (χ2v) is 5.40. The van der Waals surface area contributed by atoms with Gasteiger partial charge >= 0.3 is 0 Å². The zero-order chi connectivity index (χ0) is 10.8. The SMILES string of the molecule is c1ccc([C@@H]2CCCC[C@]23CCCN3)cc1. The van der Waals surface area contributed by atoms with Gasteiger partial charge in [-0.15, -0.1) is 0 Å². The van der Waals surface area contributed by atoms with Gasteiger partial charge in [0.1, 0.15) is 0 Å². The summed E-state index contributed by atoms with van der Waals surface area (Å²) < 4.78 is 0. The zero-order valence-electron chi connectivity index (χ0n) is 9.91. The standard InChI is InChI=1S/C15H21N/c1-2-7-13(8-3-1)14-9-4-5-10-15(14)11-6-12-16-15/h1-3,7-8,14,16H,4-6,9-12H2/t14-,15-/m0/s1. The van der Waals surface area contributed by atoms with Gasteiger partial charge in [0.25, 0.3) is 0 Å². The van der Waals surface area contributed by atoms with E-state index in [1.165, 1.54) is 45.1 Å². The zero-order valence-corrected chi connectivity index (χ0v) is 9.91. The Morgan fingerprint density at radius 3 is 2.56 bits per heavy atom. The monoisotopic (exact) mass is 215 g/mol. The summed E-state index contributed by atoms with van der Waals surface area (Å²) in [4.78, 5) is 0. The molecule has 1 saturated heterocycles. The van der Waals surface area contributed by atoms with Crippen molar-refractivity contribution in [2.45, 2.75) is 50.0 Å². The Balaban J connectivity index is 1.91. The van der Waals surface area contributed by atoms with Crippen molar-refractivity contribution in [2.24, 2.45) is 0 Å². The first kappa shape index (κ1) is 10.3. The molecule has 0 unspecified atom stereocenters. The molecular weight excluding hydrogens is 194 g/mol. The Bertz CT molecular complexity index is 338. The lowest BCUT2D eigenvalue weighted by molar-refractivity contribution is 0.222. The predicted octanol–water partition coefficient (Wildman–Crippen LogP) is 3.47. The second-order valence-electron chi connectivity index (χ2n) is 5.40. The van der Waals surface area contributed by atoms with Crippen LogP contribution in [-0.2, 0) is 0 Å². The predicted molar refractivity (Wildman–Crippen MR) is 67.6 cm³/mol. The van der Waals surface area contributed by atoms with E-state index in [0.29, 0.717) is 5.54 Å². The lowest BCUT2D eigenvalue weighted by atomic mass is 9.69. The van der Waals surface area contributed by atoms with Gasteiger partial charge in [-0.25, -0.2) is 0 Å². The Kier molecular flexibility index (Phi) is 2.72. The number of rotatable bonds is 1. The highest BCUT2D eigenvalue weighted by molar-refractivity contribution is 5.25. The van der Waals surface area contributed by atoms with Crippen LogP contribution >= 0.6 is 0 Å². The first-order valence-corrected chi connectivity index (χ1v) is 6.71. The maximum absolute atomic E-state index is 3.82. The Morgan fingerprint density at radius 1 is 1.00 bits per heavy atom. The average molecular weight is 215 g/mol. The van der Waals surface area contributed by atoms with Crippen LogP contribution in [-0.4, -0.2) is 12.1 Å². The molecule has 1 aromatic carbocycles. The third-order valence-electron chi connectivity index (χ3n) is 4.51. The second kappa shape index (κ2) is 4.21. The quantitative estimate of drug-likeness (QED) is 0.756. The van der Waals surface area contributed by atoms with Crippen molar-refractivity contribution in [3.8, 4) is 0 Å². The lowest BCUT2D eigenvalue weighted by Gasteiger charge is -2.42. The van der Waals surface area contributed by atoms with Crippen molar-refractivity contribution < 1.29 is 0 Å². The van der Waals surface area contributed by atoms with Crippen molar-refractivity contribution in [1.29, 1.82) is 0 Å². The lowest BCUT2D eigenvalue weighted by Crippen LogP contribution is -2.47.